The number of rotatable bonds is 10. The van der Waals surface area contributed by atoms with Crippen molar-refractivity contribution in [1.29, 1.82) is 0 Å². The molecule has 184 valence electrons. The number of β-amino-alcohol motifs (C(OH)–C–C–N with tert-alkyl or cyclic N) is 1. The first-order chi connectivity index (χ1) is 17.0. The summed E-state index contributed by atoms with van der Waals surface area (Å²) in [6.07, 6.45) is 0.690. The third-order valence-corrected chi connectivity index (χ3v) is 7.62. The van der Waals surface area contributed by atoms with Crippen LogP contribution in [0.2, 0.25) is 0 Å². The quantitative estimate of drug-likeness (QED) is 0.467. The fourth-order valence-electron chi connectivity index (χ4n) is 4.18. The molecule has 3 aromatic rings. The van der Waals surface area contributed by atoms with Crippen LogP contribution >= 0.6 is 0 Å². The highest BCUT2D eigenvalue weighted by atomic mass is 32.2. The second-order valence-corrected chi connectivity index (χ2v) is 10.5. The van der Waals surface area contributed by atoms with Crippen LogP contribution in [-0.4, -0.2) is 68.2 Å². The van der Waals surface area contributed by atoms with Crippen LogP contribution in [-0.2, 0) is 14.8 Å². The number of aliphatic hydroxyl groups is 1. The summed E-state index contributed by atoms with van der Waals surface area (Å²) in [7, 11) is -3.48. The molecular formula is C28H32N2O4S. The Morgan fingerprint density at radius 3 is 1.86 bits per heavy atom. The molecule has 1 saturated heterocycles. The number of aliphatic hydroxyl groups excluding tert-OH is 1. The molecule has 4 rings (SSSR count). The lowest BCUT2D eigenvalue weighted by molar-refractivity contribution is -0.0116. The van der Waals surface area contributed by atoms with E-state index in [1.807, 2.05) is 91.0 Å². The van der Waals surface area contributed by atoms with Gasteiger partial charge in [-0.1, -0.05) is 91.0 Å². The Morgan fingerprint density at radius 1 is 0.800 bits per heavy atom. The van der Waals surface area contributed by atoms with Crippen molar-refractivity contribution in [3.05, 3.63) is 113 Å². The van der Waals surface area contributed by atoms with Gasteiger partial charge in [0.25, 0.3) is 0 Å². The van der Waals surface area contributed by atoms with Crippen molar-refractivity contribution >= 4 is 16.1 Å². The molecule has 35 heavy (non-hydrogen) atoms. The van der Waals surface area contributed by atoms with E-state index >= 15 is 0 Å². The summed E-state index contributed by atoms with van der Waals surface area (Å²) in [4.78, 5) is 2.08. The summed E-state index contributed by atoms with van der Waals surface area (Å²) >= 11 is 0. The topological polar surface area (TPSA) is 70.1 Å². The van der Waals surface area contributed by atoms with E-state index in [4.69, 9.17) is 4.74 Å². The minimum absolute atomic E-state index is 0.187. The van der Waals surface area contributed by atoms with E-state index in [-0.39, 0.29) is 12.7 Å². The molecule has 1 fully saturated rings. The summed E-state index contributed by atoms with van der Waals surface area (Å²) < 4.78 is 33.0. The Labute approximate surface area is 208 Å². The first-order valence-electron chi connectivity index (χ1n) is 11.9. The molecule has 0 bridgehead atoms. The van der Waals surface area contributed by atoms with Crippen molar-refractivity contribution in [3.63, 3.8) is 0 Å². The summed E-state index contributed by atoms with van der Waals surface area (Å²) in [6.45, 7) is 2.54. The molecule has 1 aliphatic heterocycles. The maximum atomic E-state index is 12.7. The molecule has 1 atom stereocenters. The van der Waals surface area contributed by atoms with Crippen LogP contribution in [0, 0.1) is 0 Å². The number of piperazine rings is 1. The first-order valence-corrected chi connectivity index (χ1v) is 13.4. The molecule has 1 aliphatic rings. The van der Waals surface area contributed by atoms with E-state index in [9.17, 15) is 13.5 Å². The number of nitrogens with zero attached hydrogens (tertiary/aromatic N) is 2. The Morgan fingerprint density at radius 2 is 1.31 bits per heavy atom. The molecule has 0 saturated carbocycles. The molecule has 0 aromatic heterocycles. The molecule has 0 amide bonds. The number of sulfonamides is 1. The van der Waals surface area contributed by atoms with Gasteiger partial charge in [0.05, 0.1) is 12.7 Å². The zero-order valence-electron chi connectivity index (χ0n) is 19.7. The maximum absolute atomic E-state index is 12.7. The van der Waals surface area contributed by atoms with Crippen molar-refractivity contribution in [3.8, 4) is 0 Å². The normalized spacial score (nSPS) is 16.6. The molecule has 7 heteroatoms. The van der Waals surface area contributed by atoms with Gasteiger partial charge in [-0.25, -0.2) is 8.42 Å². The monoisotopic (exact) mass is 492 g/mol. The molecule has 0 unspecified atom stereocenters. The Kier molecular flexibility index (Phi) is 8.84. The van der Waals surface area contributed by atoms with Gasteiger partial charge in [0.1, 0.15) is 6.10 Å². The maximum Gasteiger partial charge on any atom is 0.236 e. The minimum Gasteiger partial charge on any atom is -0.389 e. The summed E-state index contributed by atoms with van der Waals surface area (Å²) in [5.41, 5.74) is 2.92. The zero-order chi connectivity index (χ0) is 24.5. The number of hydrogen-bond acceptors (Lipinski definition) is 5. The lowest BCUT2D eigenvalue weighted by atomic mass is 10.0. The van der Waals surface area contributed by atoms with Crippen LogP contribution in [0.3, 0.4) is 0 Å². The molecule has 0 radical (unpaired) electrons. The van der Waals surface area contributed by atoms with Crippen LogP contribution in [0.15, 0.2) is 96.4 Å². The highest BCUT2D eigenvalue weighted by molar-refractivity contribution is 7.92. The van der Waals surface area contributed by atoms with E-state index in [1.54, 1.807) is 6.08 Å². The van der Waals surface area contributed by atoms with Crippen LogP contribution in [0.25, 0.3) is 6.08 Å². The predicted octanol–water partition coefficient (Wildman–Crippen LogP) is 3.77. The summed E-state index contributed by atoms with van der Waals surface area (Å²) in [5, 5.41) is 11.9. The van der Waals surface area contributed by atoms with Gasteiger partial charge in [0.15, 0.2) is 0 Å². The van der Waals surface area contributed by atoms with E-state index in [1.165, 1.54) is 9.71 Å². The molecule has 0 spiro atoms. The first kappa shape index (κ1) is 25.3. The second-order valence-electron chi connectivity index (χ2n) is 8.65. The number of ether oxygens (including phenoxy) is 1. The number of benzene rings is 3. The molecular weight excluding hydrogens is 460 g/mol. The third kappa shape index (κ3) is 7.34. The van der Waals surface area contributed by atoms with Crippen molar-refractivity contribution < 1.29 is 18.3 Å². The van der Waals surface area contributed by atoms with Crippen LogP contribution in [0.4, 0.5) is 0 Å². The van der Waals surface area contributed by atoms with Gasteiger partial charge in [-0.15, -0.1) is 0 Å². The van der Waals surface area contributed by atoms with Gasteiger partial charge >= 0.3 is 0 Å². The Balaban J connectivity index is 1.28. The van der Waals surface area contributed by atoms with Gasteiger partial charge < -0.3 is 9.84 Å². The Bertz CT molecular complexity index is 1120. The van der Waals surface area contributed by atoms with Gasteiger partial charge in [0, 0.05) is 38.1 Å². The van der Waals surface area contributed by atoms with Crippen LogP contribution in [0.1, 0.15) is 22.8 Å². The average molecular weight is 493 g/mol. The highest BCUT2D eigenvalue weighted by Crippen LogP contribution is 2.26. The molecule has 1 heterocycles. The minimum atomic E-state index is -3.48. The third-order valence-electron chi connectivity index (χ3n) is 6.05. The second kappa shape index (κ2) is 12.2. The van der Waals surface area contributed by atoms with E-state index in [0.717, 1.165) is 16.7 Å². The SMILES string of the molecule is O=S(=O)(/C=C/c1ccccc1)N1CCN(C[C@@H](O)COC(c2ccccc2)c2ccccc2)CC1. The molecule has 6 nitrogen and oxygen atoms in total. The fraction of sp³-hybridized carbons (Fsp3) is 0.286. The van der Waals surface area contributed by atoms with Crippen LogP contribution in [0.5, 0.6) is 0 Å². The molecule has 1 N–H and O–H groups in total. The van der Waals surface area contributed by atoms with Crippen molar-refractivity contribution in [2.45, 2.75) is 12.2 Å². The van der Waals surface area contributed by atoms with Crippen molar-refractivity contribution in [2.24, 2.45) is 0 Å². The molecule has 3 aromatic carbocycles. The summed E-state index contributed by atoms with van der Waals surface area (Å²) in [5.74, 6) is 0. The fourth-order valence-corrected chi connectivity index (χ4v) is 5.35. The van der Waals surface area contributed by atoms with Crippen molar-refractivity contribution in [2.75, 3.05) is 39.3 Å². The van der Waals surface area contributed by atoms with E-state index < -0.39 is 16.1 Å². The van der Waals surface area contributed by atoms with Crippen molar-refractivity contribution in [1.82, 2.24) is 9.21 Å². The van der Waals surface area contributed by atoms with Crippen LogP contribution < -0.4 is 0 Å². The Hall–Kier alpha value is -2.81. The zero-order valence-corrected chi connectivity index (χ0v) is 20.5. The van der Waals surface area contributed by atoms with Gasteiger partial charge in [-0.3, -0.25) is 4.90 Å². The summed E-state index contributed by atoms with van der Waals surface area (Å²) in [6, 6.07) is 29.3. The predicted molar refractivity (Wildman–Crippen MR) is 139 cm³/mol. The largest absolute Gasteiger partial charge is 0.389 e. The lowest BCUT2D eigenvalue weighted by Gasteiger charge is -2.34. The van der Waals surface area contributed by atoms with Gasteiger partial charge in [-0.2, -0.15) is 4.31 Å². The van der Waals surface area contributed by atoms with Gasteiger partial charge in [0.2, 0.25) is 10.0 Å². The highest BCUT2D eigenvalue weighted by Gasteiger charge is 2.26. The molecule has 0 aliphatic carbocycles. The smallest absolute Gasteiger partial charge is 0.236 e. The van der Waals surface area contributed by atoms with E-state index in [2.05, 4.69) is 4.90 Å². The average Bonchev–Trinajstić information content (AvgIpc) is 2.90. The van der Waals surface area contributed by atoms with Gasteiger partial charge in [-0.05, 0) is 22.8 Å². The lowest BCUT2D eigenvalue weighted by Crippen LogP contribution is -2.50. The number of hydrogen-bond donors (Lipinski definition) is 1. The van der Waals surface area contributed by atoms with E-state index in [0.29, 0.717) is 32.7 Å². The standard InChI is InChI=1S/C28H32N2O4S/c31-27(23-34-28(25-12-6-2-7-13-25)26-14-8-3-9-15-26)22-29-17-19-30(20-18-29)35(32,33)21-16-24-10-4-1-5-11-24/h1-16,21,27-28,31H,17-20,22-23H2/b21-16+/t27-/m1/s1.